The Hall–Kier alpha value is -0.640. The van der Waals surface area contributed by atoms with Crippen molar-refractivity contribution in [2.24, 2.45) is 5.92 Å². The van der Waals surface area contributed by atoms with E-state index in [4.69, 9.17) is 0 Å². The second kappa shape index (κ2) is 5.16. The minimum atomic E-state index is 0.502. The molecule has 2 atom stereocenters. The van der Waals surface area contributed by atoms with Crippen LogP contribution in [0, 0.1) is 5.92 Å². The summed E-state index contributed by atoms with van der Waals surface area (Å²) >= 11 is 5.40. The molecule has 0 radical (unpaired) electrons. The number of fused-ring (bicyclic) bond motifs is 1. The van der Waals surface area contributed by atoms with Crippen LogP contribution in [-0.2, 0) is 12.8 Å². The number of halogens is 1. The van der Waals surface area contributed by atoms with Gasteiger partial charge in [0.25, 0.3) is 0 Å². The van der Waals surface area contributed by atoms with Crippen LogP contribution in [0.5, 0.6) is 0 Å². The molecule has 1 aromatic carbocycles. The molecule has 0 fully saturated rings. The normalized spacial score (nSPS) is 22.1. The molecule has 1 nitrogen and oxygen atoms in total. The van der Waals surface area contributed by atoms with Crippen molar-refractivity contribution in [1.29, 1.82) is 0 Å². The Morgan fingerprint density at radius 1 is 1.28 bits per heavy atom. The monoisotopic (exact) mass is 321 g/mol. The van der Waals surface area contributed by atoms with E-state index in [9.17, 15) is 0 Å². The molecule has 3 rings (SSSR count). The summed E-state index contributed by atoms with van der Waals surface area (Å²) in [4.78, 5) is 1.47. The van der Waals surface area contributed by atoms with Crippen LogP contribution in [0.2, 0.25) is 0 Å². The third-order valence-electron chi connectivity index (χ3n) is 3.75. The minimum Gasteiger partial charge on any atom is -0.313 e. The summed E-state index contributed by atoms with van der Waals surface area (Å²) in [5, 5.41) is 3.49. The first kappa shape index (κ1) is 12.4. The summed E-state index contributed by atoms with van der Waals surface area (Å²) in [5.74, 6) is 0.679. The molecule has 0 bridgehead atoms. The van der Waals surface area contributed by atoms with Crippen molar-refractivity contribution in [3.8, 4) is 0 Å². The lowest BCUT2D eigenvalue weighted by atomic mass is 9.96. The molecule has 94 valence electrons. The Bertz CT molecular complexity index is 549. The van der Waals surface area contributed by atoms with Gasteiger partial charge in [-0.05, 0) is 65.0 Å². The van der Waals surface area contributed by atoms with Gasteiger partial charge in [-0.15, -0.1) is 11.3 Å². The zero-order valence-electron chi connectivity index (χ0n) is 10.3. The molecule has 0 amide bonds. The number of thiophene rings is 1. The Morgan fingerprint density at radius 3 is 2.83 bits per heavy atom. The Balaban J connectivity index is 1.83. The van der Waals surface area contributed by atoms with Gasteiger partial charge in [0.15, 0.2) is 0 Å². The van der Waals surface area contributed by atoms with Crippen molar-refractivity contribution in [3.05, 3.63) is 56.2 Å². The number of nitrogens with one attached hydrogen (secondary N) is 1. The van der Waals surface area contributed by atoms with Gasteiger partial charge in [0.2, 0.25) is 0 Å². The number of hydrogen-bond donors (Lipinski definition) is 1. The topological polar surface area (TPSA) is 12.0 Å². The smallest absolute Gasteiger partial charge is 0.0701 e. The molecule has 2 unspecified atom stereocenters. The highest BCUT2D eigenvalue weighted by Gasteiger charge is 2.31. The molecule has 1 aliphatic carbocycles. The summed E-state index contributed by atoms with van der Waals surface area (Å²) in [5.41, 5.74) is 3.00. The fourth-order valence-electron chi connectivity index (χ4n) is 2.98. The van der Waals surface area contributed by atoms with Gasteiger partial charge in [0.05, 0.1) is 3.79 Å². The maximum atomic E-state index is 3.54. The van der Waals surface area contributed by atoms with Crippen LogP contribution in [0.15, 0.2) is 40.2 Å². The Morgan fingerprint density at radius 2 is 2.11 bits per heavy atom. The van der Waals surface area contributed by atoms with E-state index in [0.29, 0.717) is 12.0 Å². The summed E-state index contributed by atoms with van der Waals surface area (Å²) in [6, 6.07) is 13.7. The van der Waals surface area contributed by atoms with E-state index in [1.54, 1.807) is 0 Å². The lowest BCUT2D eigenvalue weighted by Crippen LogP contribution is -2.22. The summed E-state index contributed by atoms with van der Waals surface area (Å²) in [6.45, 7) is 0. The van der Waals surface area contributed by atoms with E-state index < -0.39 is 0 Å². The molecule has 18 heavy (non-hydrogen) atoms. The van der Waals surface area contributed by atoms with E-state index >= 15 is 0 Å². The first-order valence-electron chi connectivity index (χ1n) is 6.27. The number of rotatable bonds is 3. The van der Waals surface area contributed by atoms with Crippen molar-refractivity contribution in [3.63, 3.8) is 0 Å². The zero-order valence-corrected chi connectivity index (χ0v) is 12.7. The van der Waals surface area contributed by atoms with Crippen LogP contribution in [0.25, 0.3) is 0 Å². The average molecular weight is 322 g/mol. The molecule has 2 aromatic rings. The van der Waals surface area contributed by atoms with E-state index in [1.165, 1.54) is 26.2 Å². The number of hydrogen-bond acceptors (Lipinski definition) is 2. The molecule has 1 aliphatic rings. The Kier molecular flexibility index (Phi) is 3.55. The van der Waals surface area contributed by atoms with E-state index in [2.05, 4.69) is 64.7 Å². The fourth-order valence-corrected chi connectivity index (χ4v) is 4.55. The first-order chi connectivity index (χ1) is 8.78. The van der Waals surface area contributed by atoms with Crippen LogP contribution in [-0.4, -0.2) is 7.05 Å². The lowest BCUT2D eigenvalue weighted by Gasteiger charge is -2.19. The van der Waals surface area contributed by atoms with Gasteiger partial charge >= 0.3 is 0 Å². The summed E-state index contributed by atoms with van der Waals surface area (Å²) in [6.07, 6.45) is 2.35. The summed E-state index contributed by atoms with van der Waals surface area (Å²) in [7, 11) is 2.07. The molecule has 0 spiro atoms. The average Bonchev–Trinajstić information content (AvgIpc) is 2.92. The molecular formula is C15H16BrNS. The third-order valence-corrected chi connectivity index (χ3v) is 5.39. The Labute approximate surface area is 120 Å². The van der Waals surface area contributed by atoms with Gasteiger partial charge in [-0.3, -0.25) is 0 Å². The summed E-state index contributed by atoms with van der Waals surface area (Å²) < 4.78 is 1.23. The largest absolute Gasteiger partial charge is 0.313 e. The maximum absolute atomic E-state index is 3.54. The van der Waals surface area contributed by atoms with Crippen molar-refractivity contribution in [1.82, 2.24) is 5.32 Å². The molecule has 0 saturated heterocycles. The van der Waals surface area contributed by atoms with Gasteiger partial charge in [-0.25, -0.2) is 0 Å². The highest BCUT2D eigenvalue weighted by Crippen LogP contribution is 2.38. The van der Waals surface area contributed by atoms with Crippen molar-refractivity contribution < 1.29 is 0 Å². The minimum absolute atomic E-state index is 0.502. The molecular weight excluding hydrogens is 306 g/mol. The van der Waals surface area contributed by atoms with Crippen LogP contribution in [0.3, 0.4) is 0 Å². The molecule has 3 heteroatoms. The lowest BCUT2D eigenvalue weighted by molar-refractivity contribution is 0.412. The first-order valence-corrected chi connectivity index (χ1v) is 7.88. The predicted molar refractivity (Wildman–Crippen MR) is 81.2 cm³/mol. The number of benzene rings is 1. The second-order valence-corrected chi connectivity index (χ2v) is 7.39. The van der Waals surface area contributed by atoms with Gasteiger partial charge < -0.3 is 5.32 Å². The van der Waals surface area contributed by atoms with Gasteiger partial charge in [0.1, 0.15) is 0 Å². The highest BCUT2D eigenvalue weighted by atomic mass is 79.9. The van der Waals surface area contributed by atoms with Crippen LogP contribution >= 0.6 is 27.3 Å². The van der Waals surface area contributed by atoms with Gasteiger partial charge in [-0.2, -0.15) is 0 Å². The van der Waals surface area contributed by atoms with E-state index in [1.807, 2.05) is 11.3 Å². The van der Waals surface area contributed by atoms with E-state index in [-0.39, 0.29) is 0 Å². The van der Waals surface area contributed by atoms with Crippen LogP contribution in [0.1, 0.15) is 22.0 Å². The maximum Gasteiger partial charge on any atom is 0.0701 e. The standard InChI is InChI=1S/C15H16BrNS/c1-17-15-11(9-12-6-7-14(16)18-12)8-10-4-2-3-5-13(10)15/h2-7,11,15,17H,8-9H2,1H3. The van der Waals surface area contributed by atoms with Crippen molar-refractivity contribution in [2.45, 2.75) is 18.9 Å². The predicted octanol–water partition coefficient (Wildman–Crippen LogP) is 4.19. The van der Waals surface area contributed by atoms with Crippen LogP contribution < -0.4 is 5.32 Å². The highest BCUT2D eigenvalue weighted by molar-refractivity contribution is 9.11. The van der Waals surface area contributed by atoms with Crippen molar-refractivity contribution in [2.75, 3.05) is 7.05 Å². The van der Waals surface area contributed by atoms with Crippen molar-refractivity contribution >= 4 is 27.3 Å². The molecule has 0 aliphatic heterocycles. The fraction of sp³-hybridized carbons (Fsp3) is 0.333. The quantitative estimate of drug-likeness (QED) is 0.894. The SMILES string of the molecule is CNC1c2ccccc2CC1Cc1ccc(Br)s1. The molecule has 0 saturated carbocycles. The molecule has 1 N–H and O–H groups in total. The van der Waals surface area contributed by atoms with Gasteiger partial charge in [0, 0.05) is 10.9 Å². The van der Waals surface area contributed by atoms with Gasteiger partial charge in [-0.1, -0.05) is 24.3 Å². The van der Waals surface area contributed by atoms with Crippen LogP contribution in [0.4, 0.5) is 0 Å². The molecule has 1 aromatic heterocycles. The second-order valence-electron chi connectivity index (χ2n) is 4.84. The third kappa shape index (κ3) is 2.27. The zero-order chi connectivity index (χ0) is 12.5. The molecule has 1 heterocycles. The van der Waals surface area contributed by atoms with E-state index in [0.717, 1.165) is 6.42 Å².